The largest absolute Gasteiger partial charge is 0.263 e. The minimum atomic E-state index is 0.0938. The first-order valence-corrected chi connectivity index (χ1v) is 5.93. The summed E-state index contributed by atoms with van der Waals surface area (Å²) in [5.41, 5.74) is 0.188. The molecule has 2 rings (SSSR count). The highest BCUT2D eigenvalue weighted by molar-refractivity contribution is 4.97. The van der Waals surface area contributed by atoms with Crippen molar-refractivity contribution < 1.29 is 0 Å². The average molecular weight is 250 g/mol. The highest BCUT2D eigenvalue weighted by Gasteiger charge is 2.16. The summed E-state index contributed by atoms with van der Waals surface area (Å²) >= 11 is 0. The number of nitrogens with zero attached hydrogens (tertiary/aromatic N) is 4. The molecule has 2 aromatic heterocycles. The van der Waals surface area contributed by atoms with Crippen molar-refractivity contribution in [1.29, 1.82) is 0 Å². The Morgan fingerprint density at radius 3 is 1.17 bits per heavy atom. The van der Waals surface area contributed by atoms with Crippen molar-refractivity contribution in [2.24, 2.45) is 0 Å². The van der Waals surface area contributed by atoms with Gasteiger partial charge in [-0.05, 0) is 0 Å². The fourth-order valence-electron chi connectivity index (χ4n) is 1.13. The first-order valence-electron chi connectivity index (χ1n) is 5.93. The van der Waals surface area contributed by atoms with Crippen LogP contribution in [-0.4, -0.2) is 30.4 Å². The summed E-state index contributed by atoms with van der Waals surface area (Å²) in [5, 5.41) is 13.1. The van der Waals surface area contributed by atoms with Gasteiger partial charge in [-0.15, -0.1) is 0 Å². The zero-order valence-electron chi connectivity index (χ0n) is 11.9. The second-order valence-electron chi connectivity index (χ2n) is 6.17. The van der Waals surface area contributed by atoms with Crippen molar-refractivity contribution in [2.45, 2.75) is 52.4 Å². The van der Waals surface area contributed by atoms with E-state index in [2.05, 4.69) is 71.9 Å². The van der Waals surface area contributed by atoms with E-state index in [0.717, 1.165) is 11.6 Å². The van der Waals surface area contributed by atoms with Gasteiger partial charge < -0.3 is 0 Å². The summed E-state index contributed by atoms with van der Waals surface area (Å²) in [6, 6.07) is 0. The van der Waals surface area contributed by atoms with Crippen LogP contribution in [0.1, 0.15) is 53.2 Å². The lowest BCUT2D eigenvalue weighted by Gasteiger charge is -2.12. The van der Waals surface area contributed by atoms with Crippen LogP contribution in [0.4, 0.5) is 0 Å². The van der Waals surface area contributed by atoms with Gasteiger partial charge in [0.25, 0.3) is 0 Å². The molecule has 2 N–H and O–H groups in total. The van der Waals surface area contributed by atoms with Gasteiger partial charge in [-0.1, -0.05) is 41.5 Å². The smallest absolute Gasteiger partial charge is 0.137 e. The standard InChI is InChI=1S/2C6H11N3/c2*1-6(2,3)5-7-4-8-9-5/h2*4H,1-3H3,(H,7,8,9). The van der Waals surface area contributed by atoms with Gasteiger partial charge >= 0.3 is 0 Å². The molecule has 0 spiro atoms. The fraction of sp³-hybridized carbons (Fsp3) is 0.667. The summed E-state index contributed by atoms with van der Waals surface area (Å²) in [6.45, 7) is 12.5. The highest BCUT2D eigenvalue weighted by atomic mass is 15.2. The lowest BCUT2D eigenvalue weighted by Crippen LogP contribution is -2.13. The highest BCUT2D eigenvalue weighted by Crippen LogP contribution is 2.16. The summed E-state index contributed by atoms with van der Waals surface area (Å²) in [4.78, 5) is 8.04. The maximum absolute atomic E-state index is 4.02. The third-order valence-electron chi connectivity index (χ3n) is 2.25. The van der Waals surface area contributed by atoms with E-state index in [1.54, 1.807) is 0 Å². The first-order chi connectivity index (χ1) is 8.21. The third kappa shape index (κ3) is 4.27. The Labute approximate surface area is 108 Å². The van der Waals surface area contributed by atoms with Crippen LogP contribution in [-0.2, 0) is 10.8 Å². The van der Waals surface area contributed by atoms with E-state index in [1.165, 1.54) is 12.7 Å². The van der Waals surface area contributed by atoms with Gasteiger partial charge in [0, 0.05) is 10.8 Å². The number of hydrogen-bond donors (Lipinski definition) is 2. The molecule has 0 bridgehead atoms. The number of rotatable bonds is 0. The Hall–Kier alpha value is -1.72. The number of aromatic amines is 2. The normalized spacial score (nSPS) is 11.9. The molecular weight excluding hydrogens is 228 g/mol. The molecule has 0 aliphatic heterocycles. The second-order valence-corrected chi connectivity index (χ2v) is 6.17. The van der Waals surface area contributed by atoms with E-state index >= 15 is 0 Å². The Kier molecular flexibility index (Phi) is 4.21. The molecule has 2 aromatic rings. The van der Waals surface area contributed by atoms with E-state index in [-0.39, 0.29) is 10.8 Å². The molecular formula is C12H22N6. The predicted molar refractivity (Wildman–Crippen MR) is 70.2 cm³/mol. The zero-order valence-corrected chi connectivity index (χ0v) is 11.9. The van der Waals surface area contributed by atoms with E-state index in [0.29, 0.717) is 0 Å². The molecule has 0 amide bonds. The Balaban J connectivity index is 0.000000180. The Morgan fingerprint density at radius 1 is 0.722 bits per heavy atom. The maximum Gasteiger partial charge on any atom is 0.137 e. The van der Waals surface area contributed by atoms with Gasteiger partial charge in [-0.2, -0.15) is 10.2 Å². The quantitative estimate of drug-likeness (QED) is 0.751. The van der Waals surface area contributed by atoms with Crippen LogP contribution in [0.3, 0.4) is 0 Å². The summed E-state index contributed by atoms with van der Waals surface area (Å²) in [5.74, 6) is 1.87. The number of hydrogen-bond acceptors (Lipinski definition) is 4. The lowest BCUT2D eigenvalue weighted by molar-refractivity contribution is 0.548. The maximum atomic E-state index is 4.02. The average Bonchev–Trinajstić information content (AvgIpc) is 2.91. The van der Waals surface area contributed by atoms with Crippen LogP contribution >= 0.6 is 0 Å². The number of nitrogens with one attached hydrogen (secondary N) is 2. The summed E-state index contributed by atoms with van der Waals surface area (Å²) in [6.07, 6.45) is 3.06. The van der Waals surface area contributed by atoms with Crippen molar-refractivity contribution in [2.75, 3.05) is 0 Å². The van der Waals surface area contributed by atoms with Gasteiger partial charge in [0.1, 0.15) is 24.3 Å². The van der Waals surface area contributed by atoms with E-state index in [9.17, 15) is 0 Å². The minimum Gasteiger partial charge on any atom is -0.263 e. The van der Waals surface area contributed by atoms with Gasteiger partial charge in [0.05, 0.1) is 0 Å². The van der Waals surface area contributed by atoms with Crippen molar-refractivity contribution in [1.82, 2.24) is 30.4 Å². The molecule has 0 aromatic carbocycles. The summed E-state index contributed by atoms with van der Waals surface area (Å²) in [7, 11) is 0. The van der Waals surface area contributed by atoms with Gasteiger partial charge in [-0.25, -0.2) is 9.97 Å². The van der Waals surface area contributed by atoms with Gasteiger partial charge in [0.2, 0.25) is 0 Å². The van der Waals surface area contributed by atoms with Crippen LogP contribution in [0.2, 0.25) is 0 Å². The monoisotopic (exact) mass is 250 g/mol. The molecule has 0 fully saturated rings. The molecule has 2 heterocycles. The van der Waals surface area contributed by atoms with Crippen LogP contribution in [0, 0.1) is 0 Å². The van der Waals surface area contributed by atoms with Crippen molar-refractivity contribution in [3.63, 3.8) is 0 Å². The molecule has 100 valence electrons. The topological polar surface area (TPSA) is 83.1 Å². The van der Waals surface area contributed by atoms with Crippen LogP contribution in [0.25, 0.3) is 0 Å². The van der Waals surface area contributed by atoms with Crippen LogP contribution in [0.15, 0.2) is 12.7 Å². The molecule has 0 saturated carbocycles. The number of H-pyrrole nitrogens is 2. The molecule has 0 radical (unpaired) electrons. The molecule has 0 atom stereocenters. The SMILES string of the molecule is CC(C)(C)c1ncn[nH]1.CC(C)(C)c1ncn[nH]1. The zero-order chi connectivity index (χ0) is 13.8. The van der Waals surface area contributed by atoms with E-state index in [1.807, 2.05) is 0 Å². The Bertz CT molecular complexity index is 386. The molecule has 0 aliphatic rings. The fourth-order valence-corrected chi connectivity index (χ4v) is 1.13. The number of aromatic nitrogens is 6. The van der Waals surface area contributed by atoms with E-state index in [4.69, 9.17) is 0 Å². The summed E-state index contributed by atoms with van der Waals surface area (Å²) < 4.78 is 0. The molecule has 6 heteroatoms. The first kappa shape index (κ1) is 14.3. The predicted octanol–water partition coefficient (Wildman–Crippen LogP) is 2.20. The van der Waals surface area contributed by atoms with Gasteiger partial charge in [-0.3, -0.25) is 10.2 Å². The molecule has 0 aliphatic carbocycles. The van der Waals surface area contributed by atoms with Crippen LogP contribution in [0.5, 0.6) is 0 Å². The van der Waals surface area contributed by atoms with Crippen molar-refractivity contribution >= 4 is 0 Å². The second kappa shape index (κ2) is 5.29. The molecule has 0 unspecified atom stereocenters. The third-order valence-corrected chi connectivity index (χ3v) is 2.25. The lowest BCUT2D eigenvalue weighted by atomic mass is 9.96. The van der Waals surface area contributed by atoms with Crippen molar-refractivity contribution in [3.8, 4) is 0 Å². The van der Waals surface area contributed by atoms with Crippen LogP contribution < -0.4 is 0 Å². The Morgan fingerprint density at radius 2 is 1.06 bits per heavy atom. The van der Waals surface area contributed by atoms with Gasteiger partial charge in [0.15, 0.2) is 0 Å². The molecule has 0 saturated heterocycles. The molecule has 18 heavy (non-hydrogen) atoms. The minimum absolute atomic E-state index is 0.0938. The molecule has 6 nitrogen and oxygen atoms in total. The van der Waals surface area contributed by atoms with E-state index < -0.39 is 0 Å². The van der Waals surface area contributed by atoms with Crippen molar-refractivity contribution in [3.05, 3.63) is 24.3 Å².